The molecule has 4 heteroatoms. The van der Waals surface area contributed by atoms with E-state index < -0.39 is 0 Å². The fraction of sp³-hybridized carbons (Fsp3) is 0.391. The molecule has 0 atom stereocenters. The third-order valence-electron chi connectivity index (χ3n) is 4.69. The van der Waals surface area contributed by atoms with Gasteiger partial charge in [0.05, 0.1) is 6.54 Å². The van der Waals surface area contributed by atoms with Crippen molar-refractivity contribution in [1.29, 1.82) is 0 Å². The Morgan fingerprint density at radius 1 is 0.926 bits per heavy atom. The summed E-state index contributed by atoms with van der Waals surface area (Å²) in [7, 11) is 1.75. The molecule has 0 spiro atoms. The molecule has 0 bridgehead atoms. The first-order valence-electron chi connectivity index (χ1n) is 9.41. The fourth-order valence-electron chi connectivity index (χ4n) is 2.76. The molecule has 27 heavy (non-hydrogen) atoms. The minimum Gasteiger partial charge on any atom is -0.343 e. The molecule has 4 nitrogen and oxygen atoms in total. The van der Waals surface area contributed by atoms with Gasteiger partial charge in [0, 0.05) is 19.2 Å². The Hall–Kier alpha value is -2.62. The van der Waals surface area contributed by atoms with Crippen LogP contribution in [0.4, 0.5) is 0 Å². The first-order valence-corrected chi connectivity index (χ1v) is 9.41. The normalized spacial score (nSPS) is 11.1. The molecule has 0 unspecified atom stereocenters. The zero-order valence-corrected chi connectivity index (χ0v) is 17.0. The monoisotopic (exact) mass is 366 g/mol. The molecule has 2 rings (SSSR count). The molecular formula is C23H30N2O2. The number of hydrogen-bond donors (Lipinski definition) is 1. The second kappa shape index (κ2) is 8.85. The van der Waals surface area contributed by atoms with Gasteiger partial charge in [0.2, 0.25) is 5.91 Å². The average molecular weight is 367 g/mol. The standard InChI is InChI=1S/C23H30N2O2/c1-6-17-7-9-18(10-8-17)16-25(5)21(26)15-24-22(27)19-11-13-20(14-12-19)23(2,3)4/h7-14H,6,15-16H2,1-5H3,(H,24,27). The summed E-state index contributed by atoms with van der Waals surface area (Å²) in [4.78, 5) is 26.2. The van der Waals surface area contributed by atoms with E-state index in [-0.39, 0.29) is 23.8 Å². The number of likely N-dealkylation sites (N-methyl/N-ethyl adjacent to an activating group) is 1. The molecule has 0 aromatic heterocycles. The highest BCUT2D eigenvalue weighted by Crippen LogP contribution is 2.22. The second-order valence-electron chi connectivity index (χ2n) is 7.93. The van der Waals surface area contributed by atoms with E-state index >= 15 is 0 Å². The maximum absolute atomic E-state index is 12.3. The van der Waals surface area contributed by atoms with Crippen molar-refractivity contribution in [3.8, 4) is 0 Å². The Labute approximate surface area is 162 Å². The zero-order valence-electron chi connectivity index (χ0n) is 17.0. The molecule has 2 aromatic rings. The average Bonchev–Trinajstić information content (AvgIpc) is 2.65. The first kappa shape index (κ1) is 20.7. The summed E-state index contributed by atoms with van der Waals surface area (Å²) in [6.07, 6.45) is 0.998. The van der Waals surface area contributed by atoms with Gasteiger partial charge >= 0.3 is 0 Å². The van der Waals surface area contributed by atoms with Crippen LogP contribution >= 0.6 is 0 Å². The molecule has 0 fully saturated rings. The molecule has 144 valence electrons. The van der Waals surface area contributed by atoms with Crippen molar-refractivity contribution in [3.63, 3.8) is 0 Å². The van der Waals surface area contributed by atoms with E-state index in [1.165, 1.54) is 11.1 Å². The third kappa shape index (κ3) is 5.95. The van der Waals surface area contributed by atoms with Crippen molar-refractivity contribution in [2.75, 3.05) is 13.6 Å². The van der Waals surface area contributed by atoms with Gasteiger partial charge < -0.3 is 10.2 Å². The molecule has 1 N–H and O–H groups in total. The predicted molar refractivity (Wildman–Crippen MR) is 110 cm³/mol. The van der Waals surface area contributed by atoms with E-state index in [1.807, 2.05) is 24.3 Å². The number of hydrogen-bond acceptors (Lipinski definition) is 2. The van der Waals surface area contributed by atoms with Crippen LogP contribution in [0.15, 0.2) is 48.5 Å². The van der Waals surface area contributed by atoms with Crippen LogP contribution in [0.2, 0.25) is 0 Å². The summed E-state index contributed by atoms with van der Waals surface area (Å²) in [6, 6.07) is 15.8. The number of nitrogens with zero attached hydrogens (tertiary/aromatic N) is 1. The number of benzene rings is 2. The van der Waals surface area contributed by atoms with Gasteiger partial charge in [-0.25, -0.2) is 0 Å². The molecule has 0 radical (unpaired) electrons. The lowest BCUT2D eigenvalue weighted by Crippen LogP contribution is -2.37. The number of rotatable bonds is 6. The van der Waals surface area contributed by atoms with Crippen LogP contribution in [0.3, 0.4) is 0 Å². The molecular weight excluding hydrogens is 336 g/mol. The van der Waals surface area contributed by atoms with Crippen molar-refractivity contribution in [2.45, 2.75) is 46.1 Å². The molecule has 0 aliphatic heterocycles. The van der Waals surface area contributed by atoms with Crippen LogP contribution in [-0.2, 0) is 23.2 Å². The van der Waals surface area contributed by atoms with Crippen molar-refractivity contribution in [2.24, 2.45) is 0 Å². The maximum atomic E-state index is 12.3. The van der Waals surface area contributed by atoms with Crippen molar-refractivity contribution in [1.82, 2.24) is 10.2 Å². The molecule has 2 amide bonds. The van der Waals surface area contributed by atoms with Gasteiger partial charge in [0.15, 0.2) is 0 Å². The van der Waals surface area contributed by atoms with E-state index in [4.69, 9.17) is 0 Å². The van der Waals surface area contributed by atoms with E-state index in [0.717, 1.165) is 12.0 Å². The minimum atomic E-state index is -0.232. The highest BCUT2D eigenvalue weighted by Gasteiger charge is 2.15. The highest BCUT2D eigenvalue weighted by molar-refractivity contribution is 5.96. The van der Waals surface area contributed by atoms with Gasteiger partial charge in [0.1, 0.15) is 0 Å². The zero-order chi connectivity index (χ0) is 20.0. The van der Waals surface area contributed by atoms with Crippen LogP contribution < -0.4 is 5.32 Å². The summed E-state index contributed by atoms with van der Waals surface area (Å²) in [5.41, 5.74) is 4.13. The molecule has 0 heterocycles. The van der Waals surface area contributed by atoms with E-state index in [9.17, 15) is 9.59 Å². The molecule has 0 aliphatic rings. The van der Waals surface area contributed by atoms with Gasteiger partial charge in [-0.05, 0) is 40.7 Å². The van der Waals surface area contributed by atoms with Gasteiger partial charge in [-0.15, -0.1) is 0 Å². The lowest BCUT2D eigenvalue weighted by atomic mass is 9.87. The number of nitrogens with one attached hydrogen (secondary N) is 1. The summed E-state index contributed by atoms with van der Waals surface area (Å²) >= 11 is 0. The number of carbonyl (C=O) groups excluding carboxylic acids is 2. The Bertz CT molecular complexity index is 772. The SMILES string of the molecule is CCc1ccc(CN(C)C(=O)CNC(=O)c2ccc(C(C)(C)C)cc2)cc1. The Morgan fingerprint density at radius 3 is 2.00 bits per heavy atom. The van der Waals surface area contributed by atoms with Crippen molar-refractivity contribution < 1.29 is 9.59 Å². The summed E-state index contributed by atoms with van der Waals surface area (Å²) in [5, 5.41) is 2.71. The first-order chi connectivity index (χ1) is 12.7. The summed E-state index contributed by atoms with van der Waals surface area (Å²) in [6.45, 7) is 9.03. The van der Waals surface area contributed by atoms with Gasteiger partial charge in [-0.3, -0.25) is 9.59 Å². The van der Waals surface area contributed by atoms with Crippen LogP contribution in [0.5, 0.6) is 0 Å². The summed E-state index contributed by atoms with van der Waals surface area (Å²) in [5.74, 6) is -0.348. The molecule has 0 aliphatic carbocycles. The van der Waals surface area contributed by atoms with Gasteiger partial charge in [-0.1, -0.05) is 64.1 Å². The quantitative estimate of drug-likeness (QED) is 0.842. The number of amides is 2. The Morgan fingerprint density at radius 2 is 1.48 bits per heavy atom. The molecule has 0 saturated carbocycles. The van der Waals surface area contributed by atoms with Crippen LogP contribution in [-0.4, -0.2) is 30.3 Å². The molecule has 2 aromatic carbocycles. The van der Waals surface area contributed by atoms with E-state index in [2.05, 4.69) is 45.1 Å². The van der Waals surface area contributed by atoms with E-state index in [1.54, 1.807) is 24.1 Å². The fourth-order valence-corrected chi connectivity index (χ4v) is 2.76. The van der Waals surface area contributed by atoms with Crippen LogP contribution in [0.25, 0.3) is 0 Å². The smallest absolute Gasteiger partial charge is 0.251 e. The Kier molecular flexibility index (Phi) is 6.78. The lowest BCUT2D eigenvalue weighted by Gasteiger charge is -2.19. The lowest BCUT2D eigenvalue weighted by molar-refractivity contribution is -0.129. The molecule has 0 saturated heterocycles. The maximum Gasteiger partial charge on any atom is 0.251 e. The second-order valence-corrected chi connectivity index (χ2v) is 7.93. The summed E-state index contributed by atoms with van der Waals surface area (Å²) < 4.78 is 0. The van der Waals surface area contributed by atoms with Crippen LogP contribution in [0, 0.1) is 0 Å². The van der Waals surface area contributed by atoms with E-state index in [0.29, 0.717) is 12.1 Å². The predicted octanol–water partition coefficient (Wildman–Crippen LogP) is 3.93. The minimum absolute atomic E-state index is 0.0105. The largest absolute Gasteiger partial charge is 0.343 e. The van der Waals surface area contributed by atoms with Crippen LogP contribution in [0.1, 0.15) is 54.7 Å². The van der Waals surface area contributed by atoms with Crippen molar-refractivity contribution >= 4 is 11.8 Å². The van der Waals surface area contributed by atoms with Gasteiger partial charge in [0.25, 0.3) is 5.91 Å². The number of carbonyl (C=O) groups is 2. The van der Waals surface area contributed by atoms with Gasteiger partial charge in [-0.2, -0.15) is 0 Å². The third-order valence-corrected chi connectivity index (χ3v) is 4.69. The number of aryl methyl sites for hydroxylation is 1. The van der Waals surface area contributed by atoms with Crippen molar-refractivity contribution in [3.05, 3.63) is 70.8 Å². The Balaban J connectivity index is 1.87. The highest BCUT2D eigenvalue weighted by atomic mass is 16.2. The topological polar surface area (TPSA) is 49.4 Å².